The van der Waals surface area contributed by atoms with E-state index in [9.17, 15) is 8.78 Å². The average Bonchev–Trinajstić information content (AvgIpc) is 3.08. The highest BCUT2D eigenvalue weighted by molar-refractivity contribution is 5.86. The van der Waals surface area contributed by atoms with E-state index in [-0.39, 0.29) is 12.5 Å². The van der Waals surface area contributed by atoms with E-state index in [1.54, 1.807) is 19.2 Å². The van der Waals surface area contributed by atoms with E-state index in [0.717, 1.165) is 16.5 Å². The van der Waals surface area contributed by atoms with E-state index in [1.165, 1.54) is 12.1 Å². The number of methoxy groups -OCH3 is 1. The molecule has 0 saturated heterocycles. The molecule has 0 radical (unpaired) electrons. The first kappa shape index (κ1) is 16.4. The van der Waals surface area contributed by atoms with Gasteiger partial charge in [-0.25, -0.2) is 4.98 Å². The van der Waals surface area contributed by atoms with Crippen LogP contribution in [-0.4, -0.2) is 25.5 Å². The largest absolute Gasteiger partial charge is 0.493 e. The Kier molecular flexibility index (Phi) is 3.99. The smallest absolute Gasteiger partial charge is 0.387 e. The van der Waals surface area contributed by atoms with Crippen molar-refractivity contribution in [1.82, 2.24) is 4.98 Å². The third-order valence-electron chi connectivity index (χ3n) is 4.17. The highest BCUT2D eigenvalue weighted by Crippen LogP contribution is 2.44. The molecular formula is C19H15F2NO4. The minimum Gasteiger partial charge on any atom is -0.493 e. The van der Waals surface area contributed by atoms with Gasteiger partial charge in [-0.1, -0.05) is 0 Å². The molecule has 134 valence electrons. The quantitative estimate of drug-likeness (QED) is 0.684. The molecule has 0 amide bonds. The molecular weight excluding hydrogens is 344 g/mol. The number of pyridine rings is 1. The third kappa shape index (κ3) is 2.85. The summed E-state index contributed by atoms with van der Waals surface area (Å²) in [4.78, 5) is 4.60. The number of benzene rings is 2. The summed E-state index contributed by atoms with van der Waals surface area (Å²) in [5.74, 6) is 1.75. The predicted molar refractivity (Wildman–Crippen MR) is 91.2 cm³/mol. The van der Waals surface area contributed by atoms with Crippen LogP contribution < -0.4 is 18.9 Å². The molecule has 0 atom stereocenters. The van der Waals surface area contributed by atoms with Crippen molar-refractivity contribution in [3.63, 3.8) is 0 Å². The van der Waals surface area contributed by atoms with Gasteiger partial charge in [0.05, 0.1) is 18.3 Å². The number of ether oxygens (including phenoxy) is 4. The third-order valence-corrected chi connectivity index (χ3v) is 4.17. The zero-order chi connectivity index (χ0) is 18.3. The maximum Gasteiger partial charge on any atom is 0.387 e. The molecule has 0 spiro atoms. The average molecular weight is 359 g/mol. The molecule has 1 aromatic heterocycles. The molecule has 2 aromatic carbocycles. The van der Waals surface area contributed by atoms with Crippen LogP contribution in [0.25, 0.3) is 22.2 Å². The lowest BCUT2D eigenvalue weighted by molar-refractivity contribution is -0.0497. The van der Waals surface area contributed by atoms with Gasteiger partial charge in [-0.15, -0.1) is 0 Å². The van der Waals surface area contributed by atoms with Crippen molar-refractivity contribution in [3.05, 3.63) is 42.0 Å². The van der Waals surface area contributed by atoms with E-state index in [4.69, 9.17) is 14.2 Å². The zero-order valence-electron chi connectivity index (χ0n) is 14.1. The highest BCUT2D eigenvalue weighted by atomic mass is 19.3. The Morgan fingerprint density at radius 3 is 2.73 bits per heavy atom. The Labute approximate surface area is 148 Å². The number of nitrogens with zero attached hydrogens (tertiary/aromatic N) is 1. The van der Waals surface area contributed by atoms with E-state index < -0.39 is 6.61 Å². The van der Waals surface area contributed by atoms with E-state index in [2.05, 4.69) is 9.72 Å². The number of fused-ring (bicyclic) bond motifs is 2. The minimum atomic E-state index is -2.88. The maximum absolute atomic E-state index is 12.5. The van der Waals surface area contributed by atoms with Gasteiger partial charge in [0.1, 0.15) is 5.75 Å². The first-order valence-corrected chi connectivity index (χ1v) is 7.89. The van der Waals surface area contributed by atoms with Crippen LogP contribution in [0.2, 0.25) is 0 Å². The van der Waals surface area contributed by atoms with Crippen LogP contribution >= 0.6 is 0 Å². The monoisotopic (exact) mass is 359 g/mol. The summed E-state index contributed by atoms with van der Waals surface area (Å²) in [5.41, 5.74) is 2.97. The summed E-state index contributed by atoms with van der Waals surface area (Å²) in [6.45, 7) is -0.811. The lowest BCUT2D eigenvalue weighted by atomic mass is 10.0. The number of hydrogen-bond donors (Lipinski definition) is 0. The molecule has 0 fully saturated rings. The van der Waals surface area contributed by atoms with Crippen molar-refractivity contribution in [2.45, 2.75) is 13.5 Å². The fraction of sp³-hybridized carbons (Fsp3) is 0.211. The second-order valence-corrected chi connectivity index (χ2v) is 5.79. The van der Waals surface area contributed by atoms with Gasteiger partial charge in [0.2, 0.25) is 12.5 Å². The molecule has 0 aliphatic carbocycles. The SMILES string of the molecule is COc1cc(-c2cc(C)c3ccc(OC(F)F)cc3n2)cc2c1OCO2. The van der Waals surface area contributed by atoms with Crippen LogP contribution in [0.5, 0.6) is 23.0 Å². The Bertz CT molecular complexity index is 991. The Morgan fingerprint density at radius 2 is 1.96 bits per heavy atom. The summed E-state index contributed by atoms with van der Waals surface area (Å²) in [5, 5.41) is 0.864. The molecule has 1 aliphatic heterocycles. The van der Waals surface area contributed by atoms with Crippen LogP contribution in [0.1, 0.15) is 5.56 Å². The molecule has 7 heteroatoms. The standard InChI is InChI=1S/C19H15F2NO4/c1-10-5-14(11-6-16(23-2)18-17(7-11)24-9-25-18)22-15-8-12(26-19(20)21)3-4-13(10)15/h3-8,19H,9H2,1-2H3. The van der Waals surface area contributed by atoms with E-state index in [0.29, 0.717) is 28.5 Å². The van der Waals surface area contributed by atoms with Crippen LogP contribution in [0, 0.1) is 6.92 Å². The summed E-state index contributed by atoms with van der Waals surface area (Å²) >= 11 is 0. The van der Waals surface area contributed by atoms with Gasteiger partial charge in [0.15, 0.2) is 11.5 Å². The highest BCUT2D eigenvalue weighted by Gasteiger charge is 2.21. The molecule has 0 N–H and O–H groups in total. The van der Waals surface area contributed by atoms with Crippen molar-refractivity contribution in [1.29, 1.82) is 0 Å². The minimum absolute atomic E-state index is 0.0693. The number of aromatic nitrogens is 1. The van der Waals surface area contributed by atoms with Crippen LogP contribution in [0.15, 0.2) is 36.4 Å². The van der Waals surface area contributed by atoms with Crippen molar-refractivity contribution in [3.8, 4) is 34.3 Å². The molecule has 26 heavy (non-hydrogen) atoms. The topological polar surface area (TPSA) is 49.8 Å². The first-order chi connectivity index (χ1) is 12.5. The van der Waals surface area contributed by atoms with E-state index in [1.807, 2.05) is 19.1 Å². The predicted octanol–water partition coefficient (Wildman–Crippen LogP) is 4.55. The molecule has 2 heterocycles. The van der Waals surface area contributed by atoms with Crippen LogP contribution in [0.3, 0.4) is 0 Å². The lowest BCUT2D eigenvalue weighted by Crippen LogP contribution is -2.02. The Balaban J connectivity index is 1.84. The van der Waals surface area contributed by atoms with Crippen molar-refractivity contribution in [2.24, 2.45) is 0 Å². The van der Waals surface area contributed by atoms with Crippen LogP contribution in [0.4, 0.5) is 8.78 Å². The number of halogens is 2. The number of hydrogen-bond acceptors (Lipinski definition) is 5. The van der Waals surface area contributed by atoms with E-state index >= 15 is 0 Å². The number of aryl methyl sites for hydroxylation is 1. The summed E-state index contributed by atoms with van der Waals surface area (Å²) in [7, 11) is 1.55. The van der Waals surface area contributed by atoms with Gasteiger partial charge >= 0.3 is 6.61 Å². The van der Waals surface area contributed by atoms with Crippen molar-refractivity contribution < 1.29 is 27.7 Å². The second kappa shape index (κ2) is 6.33. The van der Waals surface area contributed by atoms with Crippen molar-refractivity contribution in [2.75, 3.05) is 13.9 Å². The second-order valence-electron chi connectivity index (χ2n) is 5.79. The lowest BCUT2D eigenvalue weighted by Gasteiger charge is -2.11. The number of rotatable bonds is 4. The summed E-state index contributed by atoms with van der Waals surface area (Å²) < 4.78 is 45.6. The fourth-order valence-electron chi connectivity index (χ4n) is 2.98. The van der Waals surface area contributed by atoms with Crippen LogP contribution in [-0.2, 0) is 0 Å². The molecule has 5 nitrogen and oxygen atoms in total. The van der Waals surface area contributed by atoms with Crippen molar-refractivity contribution >= 4 is 10.9 Å². The molecule has 0 unspecified atom stereocenters. The zero-order valence-corrected chi connectivity index (χ0v) is 14.1. The molecule has 0 saturated carbocycles. The Hall–Kier alpha value is -3.09. The van der Waals surface area contributed by atoms with Gasteiger partial charge < -0.3 is 18.9 Å². The summed E-state index contributed by atoms with van der Waals surface area (Å²) in [6, 6.07) is 10.3. The van der Waals surface area contributed by atoms with Gasteiger partial charge in [0.25, 0.3) is 0 Å². The Morgan fingerprint density at radius 1 is 1.12 bits per heavy atom. The number of alkyl halides is 2. The molecule has 1 aliphatic rings. The first-order valence-electron chi connectivity index (χ1n) is 7.89. The fourth-order valence-corrected chi connectivity index (χ4v) is 2.98. The van der Waals surface area contributed by atoms with Gasteiger partial charge in [-0.3, -0.25) is 0 Å². The van der Waals surface area contributed by atoms with Gasteiger partial charge in [-0.05, 0) is 42.8 Å². The normalized spacial score (nSPS) is 12.7. The molecule has 0 bridgehead atoms. The molecule has 4 rings (SSSR count). The van der Waals surface area contributed by atoms with Gasteiger partial charge in [-0.2, -0.15) is 8.78 Å². The maximum atomic E-state index is 12.5. The molecule has 3 aromatic rings. The van der Waals surface area contributed by atoms with Gasteiger partial charge in [0, 0.05) is 17.0 Å². The summed E-state index contributed by atoms with van der Waals surface area (Å²) in [6.07, 6.45) is 0.